The average molecular weight is 447 g/mol. The molecule has 4 nitrogen and oxygen atoms in total. The van der Waals surface area contributed by atoms with Crippen LogP contribution in [0.25, 0.3) is 6.08 Å². The number of nitrogens with zero attached hydrogens (tertiary/aromatic N) is 2. The number of benzene rings is 3. The molecule has 1 aliphatic rings. The molecule has 0 bridgehead atoms. The van der Waals surface area contributed by atoms with Gasteiger partial charge in [0.25, 0.3) is 5.91 Å². The van der Waals surface area contributed by atoms with Gasteiger partial charge in [-0.3, -0.25) is 4.79 Å². The number of hydrogen-bond acceptors (Lipinski definition) is 3. The highest BCUT2D eigenvalue weighted by Crippen LogP contribution is 2.28. The van der Waals surface area contributed by atoms with Gasteiger partial charge in [-0.25, -0.2) is 0 Å². The second-order valence-electron chi connectivity index (χ2n) is 6.65. The lowest BCUT2D eigenvalue weighted by atomic mass is 10.1. The maximum Gasteiger partial charge on any atom is 0.280 e. The molecule has 1 amide bonds. The second kappa shape index (κ2) is 8.45. The van der Waals surface area contributed by atoms with E-state index >= 15 is 0 Å². The van der Waals surface area contributed by atoms with E-state index in [4.69, 9.17) is 4.74 Å². The Kier molecular flexibility index (Phi) is 5.58. The SMILES string of the molecule is CC1=NN(c2ccc(Br)cc2)C(=O)/C1=C/c1ccccc1OCc1ccccc1. The van der Waals surface area contributed by atoms with Crippen molar-refractivity contribution in [2.75, 3.05) is 5.01 Å². The number of hydrazone groups is 1. The van der Waals surface area contributed by atoms with E-state index in [0.29, 0.717) is 17.9 Å². The molecule has 0 saturated carbocycles. The van der Waals surface area contributed by atoms with E-state index in [1.54, 1.807) is 0 Å². The van der Waals surface area contributed by atoms with Crippen molar-refractivity contribution < 1.29 is 9.53 Å². The smallest absolute Gasteiger partial charge is 0.280 e. The first-order valence-electron chi connectivity index (χ1n) is 9.25. The quantitative estimate of drug-likeness (QED) is 0.462. The van der Waals surface area contributed by atoms with Crippen molar-refractivity contribution in [1.82, 2.24) is 0 Å². The molecule has 1 heterocycles. The zero-order chi connectivity index (χ0) is 20.2. The minimum absolute atomic E-state index is 0.150. The fraction of sp³-hybridized carbons (Fsp3) is 0.0833. The van der Waals surface area contributed by atoms with Crippen LogP contribution in [-0.4, -0.2) is 11.6 Å². The highest BCUT2D eigenvalue weighted by molar-refractivity contribution is 9.10. The van der Waals surface area contributed by atoms with Crippen molar-refractivity contribution in [3.63, 3.8) is 0 Å². The molecule has 0 saturated heterocycles. The molecule has 0 spiro atoms. The fourth-order valence-corrected chi connectivity index (χ4v) is 3.33. The fourth-order valence-electron chi connectivity index (χ4n) is 3.06. The summed E-state index contributed by atoms with van der Waals surface area (Å²) in [5, 5.41) is 5.88. The molecule has 29 heavy (non-hydrogen) atoms. The van der Waals surface area contributed by atoms with Gasteiger partial charge in [0.05, 0.1) is 17.0 Å². The maximum atomic E-state index is 13.0. The van der Waals surface area contributed by atoms with Gasteiger partial charge in [-0.05, 0) is 48.9 Å². The van der Waals surface area contributed by atoms with Gasteiger partial charge in [-0.15, -0.1) is 0 Å². The summed E-state index contributed by atoms with van der Waals surface area (Å²) >= 11 is 3.41. The highest BCUT2D eigenvalue weighted by atomic mass is 79.9. The van der Waals surface area contributed by atoms with E-state index in [9.17, 15) is 4.79 Å². The molecule has 3 aromatic rings. The first-order valence-corrected chi connectivity index (χ1v) is 10.0. The highest BCUT2D eigenvalue weighted by Gasteiger charge is 2.28. The number of carbonyl (C=O) groups is 1. The monoisotopic (exact) mass is 446 g/mol. The third-order valence-corrected chi connectivity index (χ3v) is 5.12. The largest absolute Gasteiger partial charge is 0.488 e. The van der Waals surface area contributed by atoms with Crippen molar-refractivity contribution in [2.24, 2.45) is 5.10 Å². The molecule has 0 aliphatic carbocycles. The van der Waals surface area contributed by atoms with E-state index < -0.39 is 0 Å². The molecule has 0 unspecified atom stereocenters. The summed E-state index contributed by atoms with van der Waals surface area (Å²) in [6, 6.07) is 25.2. The van der Waals surface area contributed by atoms with E-state index in [2.05, 4.69) is 21.0 Å². The van der Waals surface area contributed by atoms with Gasteiger partial charge >= 0.3 is 0 Å². The third-order valence-electron chi connectivity index (χ3n) is 4.59. The number of para-hydroxylation sites is 1. The Morgan fingerprint density at radius 1 is 0.966 bits per heavy atom. The van der Waals surface area contributed by atoms with Crippen molar-refractivity contribution in [3.8, 4) is 5.75 Å². The maximum absolute atomic E-state index is 13.0. The number of amides is 1. The molecule has 4 rings (SSSR count). The van der Waals surface area contributed by atoms with Crippen molar-refractivity contribution in [2.45, 2.75) is 13.5 Å². The van der Waals surface area contributed by atoms with Crippen molar-refractivity contribution in [1.29, 1.82) is 0 Å². The Bertz CT molecular complexity index is 1090. The predicted octanol–water partition coefficient (Wildman–Crippen LogP) is 5.83. The summed E-state index contributed by atoms with van der Waals surface area (Å²) in [7, 11) is 0. The van der Waals surface area contributed by atoms with Gasteiger partial charge in [0, 0.05) is 10.0 Å². The summed E-state index contributed by atoms with van der Waals surface area (Å²) in [5.41, 5.74) is 3.90. The molecule has 0 atom stereocenters. The zero-order valence-electron chi connectivity index (χ0n) is 15.9. The summed E-state index contributed by atoms with van der Waals surface area (Å²) in [6.07, 6.45) is 1.85. The lowest BCUT2D eigenvalue weighted by molar-refractivity contribution is -0.114. The standard InChI is InChI=1S/C24H19BrN2O2/c1-17-22(24(28)27(26-17)21-13-11-20(25)12-14-21)15-19-9-5-6-10-23(19)29-16-18-7-3-2-4-8-18/h2-15H,16H2,1H3/b22-15+. The lowest BCUT2D eigenvalue weighted by Gasteiger charge is -2.12. The Morgan fingerprint density at radius 2 is 1.66 bits per heavy atom. The van der Waals surface area contributed by atoms with Gasteiger partial charge in [0.15, 0.2) is 0 Å². The average Bonchev–Trinajstić information content (AvgIpc) is 3.03. The summed E-state index contributed by atoms with van der Waals surface area (Å²) < 4.78 is 6.97. The van der Waals surface area contributed by atoms with Gasteiger partial charge < -0.3 is 4.74 Å². The van der Waals surface area contributed by atoms with E-state index in [-0.39, 0.29) is 5.91 Å². The van der Waals surface area contributed by atoms with Gasteiger partial charge in [0.1, 0.15) is 12.4 Å². The first kappa shape index (κ1) is 19.2. The van der Waals surface area contributed by atoms with Gasteiger partial charge in [-0.1, -0.05) is 64.5 Å². The van der Waals surface area contributed by atoms with Crippen LogP contribution in [0.5, 0.6) is 5.75 Å². The molecule has 5 heteroatoms. The molecule has 0 fully saturated rings. The van der Waals surface area contributed by atoms with E-state index in [1.165, 1.54) is 5.01 Å². The van der Waals surface area contributed by atoms with Crippen LogP contribution >= 0.6 is 15.9 Å². The normalized spacial score (nSPS) is 15.0. The molecule has 0 aromatic heterocycles. The van der Waals surface area contributed by atoms with Crippen LogP contribution in [0.2, 0.25) is 0 Å². The Hall–Kier alpha value is -3.18. The number of anilines is 1. The minimum atomic E-state index is -0.150. The van der Waals surface area contributed by atoms with Crippen molar-refractivity contribution >= 4 is 39.3 Å². The number of carbonyl (C=O) groups excluding carboxylic acids is 1. The molecule has 3 aromatic carbocycles. The van der Waals surface area contributed by atoms with Crippen LogP contribution in [0.1, 0.15) is 18.1 Å². The van der Waals surface area contributed by atoms with Crippen LogP contribution in [0.15, 0.2) is 94.0 Å². The lowest BCUT2D eigenvalue weighted by Crippen LogP contribution is -2.21. The molecule has 144 valence electrons. The Labute approximate surface area is 178 Å². The Balaban J connectivity index is 1.59. The zero-order valence-corrected chi connectivity index (χ0v) is 17.5. The second-order valence-corrected chi connectivity index (χ2v) is 7.56. The van der Waals surface area contributed by atoms with Crippen LogP contribution in [-0.2, 0) is 11.4 Å². The molecule has 0 N–H and O–H groups in total. The number of hydrogen-bond donors (Lipinski definition) is 0. The third kappa shape index (κ3) is 4.30. The van der Waals surface area contributed by atoms with E-state index in [0.717, 1.165) is 27.0 Å². The topological polar surface area (TPSA) is 41.9 Å². The van der Waals surface area contributed by atoms with Gasteiger partial charge in [0.2, 0.25) is 0 Å². The van der Waals surface area contributed by atoms with Crippen LogP contribution in [0.4, 0.5) is 5.69 Å². The first-order chi connectivity index (χ1) is 14.1. The summed E-state index contributed by atoms with van der Waals surface area (Å²) in [6.45, 7) is 2.31. The number of ether oxygens (including phenoxy) is 1. The van der Waals surface area contributed by atoms with Crippen LogP contribution < -0.4 is 9.75 Å². The van der Waals surface area contributed by atoms with Crippen LogP contribution in [0, 0.1) is 0 Å². The van der Waals surface area contributed by atoms with Crippen LogP contribution in [0.3, 0.4) is 0 Å². The Morgan fingerprint density at radius 3 is 2.41 bits per heavy atom. The predicted molar refractivity (Wildman–Crippen MR) is 120 cm³/mol. The number of rotatable bonds is 5. The summed E-state index contributed by atoms with van der Waals surface area (Å²) in [4.78, 5) is 13.0. The molecule has 1 aliphatic heterocycles. The minimum Gasteiger partial charge on any atom is -0.488 e. The molecule has 0 radical (unpaired) electrons. The molecular formula is C24H19BrN2O2. The van der Waals surface area contributed by atoms with E-state index in [1.807, 2.05) is 91.9 Å². The molecular weight excluding hydrogens is 428 g/mol. The number of halogens is 1. The summed E-state index contributed by atoms with van der Waals surface area (Å²) in [5.74, 6) is 0.578. The van der Waals surface area contributed by atoms with Crippen molar-refractivity contribution in [3.05, 3.63) is 100 Å². The van der Waals surface area contributed by atoms with Gasteiger partial charge in [-0.2, -0.15) is 10.1 Å².